The van der Waals surface area contributed by atoms with Gasteiger partial charge in [-0.15, -0.1) is 0 Å². The smallest absolute Gasteiger partial charge is 0.179 e. The Kier molecular flexibility index (Phi) is 4.29. The number of halogens is 1. The molecule has 75 valence electrons. The van der Waals surface area contributed by atoms with E-state index in [9.17, 15) is 0 Å². The highest BCUT2D eigenvalue weighted by Crippen LogP contribution is 2.33. The van der Waals surface area contributed by atoms with Crippen LogP contribution in [0.3, 0.4) is 0 Å². The molecule has 0 atom stereocenters. The maximum Gasteiger partial charge on any atom is 0.179 e. The van der Waals surface area contributed by atoms with Gasteiger partial charge >= 0.3 is 0 Å². The van der Waals surface area contributed by atoms with Crippen molar-refractivity contribution in [3.05, 3.63) is 17.2 Å². The standard InChI is InChI=1S/C10H12ClO2Si/c1-3-12-9-7(11)5-6-8(14)10(9)13-4-2/h5-6H,3-4H2,1-2H3. The maximum absolute atomic E-state index is 5.99. The van der Waals surface area contributed by atoms with Crippen LogP contribution in [0.4, 0.5) is 0 Å². The second-order valence-corrected chi connectivity index (χ2v) is 3.57. The molecule has 0 heterocycles. The van der Waals surface area contributed by atoms with Crippen LogP contribution in [0.2, 0.25) is 5.02 Å². The van der Waals surface area contributed by atoms with Gasteiger partial charge in [0.25, 0.3) is 0 Å². The van der Waals surface area contributed by atoms with Gasteiger partial charge in [-0.25, -0.2) is 0 Å². The first-order valence-corrected chi connectivity index (χ1v) is 5.38. The van der Waals surface area contributed by atoms with Crippen LogP contribution in [0.25, 0.3) is 0 Å². The van der Waals surface area contributed by atoms with Crippen molar-refractivity contribution in [3.8, 4) is 11.5 Å². The molecule has 3 radical (unpaired) electrons. The summed E-state index contributed by atoms with van der Waals surface area (Å²) in [6.45, 7) is 4.97. The summed E-state index contributed by atoms with van der Waals surface area (Å²) < 4.78 is 10.9. The van der Waals surface area contributed by atoms with Gasteiger partial charge in [0.1, 0.15) is 0 Å². The minimum absolute atomic E-state index is 0.565. The lowest BCUT2D eigenvalue weighted by atomic mass is 10.3. The second kappa shape index (κ2) is 5.27. The molecule has 0 aliphatic heterocycles. The molecule has 0 unspecified atom stereocenters. The molecule has 0 saturated heterocycles. The fourth-order valence-corrected chi connectivity index (χ4v) is 1.58. The van der Waals surface area contributed by atoms with E-state index in [2.05, 4.69) is 10.2 Å². The molecule has 2 nitrogen and oxygen atoms in total. The SMILES string of the molecule is CCOc1c([Si])ccc(Cl)c1OCC. The Hall–Kier alpha value is -0.673. The third-order valence-electron chi connectivity index (χ3n) is 1.64. The topological polar surface area (TPSA) is 18.5 Å². The highest BCUT2D eigenvalue weighted by Gasteiger charge is 2.11. The summed E-state index contributed by atoms with van der Waals surface area (Å²) in [5.41, 5.74) is 0. The Morgan fingerprint density at radius 3 is 2.29 bits per heavy atom. The molecule has 0 saturated carbocycles. The van der Waals surface area contributed by atoms with E-state index in [4.69, 9.17) is 21.1 Å². The van der Waals surface area contributed by atoms with Crippen LogP contribution in [-0.4, -0.2) is 23.5 Å². The van der Waals surface area contributed by atoms with E-state index in [1.807, 2.05) is 19.9 Å². The highest BCUT2D eigenvalue weighted by atomic mass is 35.5. The maximum atomic E-state index is 5.99. The Bertz CT molecular complexity index is 284. The quantitative estimate of drug-likeness (QED) is 0.732. The van der Waals surface area contributed by atoms with Gasteiger partial charge in [0.05, 0.1) is 28.5 Å². The number of rotatable bonds is 4. The summed E-state index contributed by atoms with van der Waals surface area (Å²) in [7, 11) is 3.44. The summed E-state index contributed by atoms with van der Waals surface area (Å²) in [6, 6.07) is 3.62. The van der Waals surface area contributed by atoms with Crippen molar-refractivity contribution in [1.29, 1.82) is 0 Å². The number of hydrogen-bond donors (Lipinski definition) is 0. The average molecular weight is 228 g/mol. The zero-order chi connectivity index (χ0) is 10.6. The monoisotopic (exact) mass is 227 g/mol. The molecule has 0 aliphatic carbocycles. The molecular formula is C10H12ClO2Si. The number of hydrogen-bond acceptors (Lipinski definition) is 2. The lowest BCUT2D eigenvalue weighted by molar-refractivity contribution is 0.290. The van der Waals surface area contributed by atoms with Crippen LogP contribution >= 0.6 is 11.6 Å². The molecule has 0 N–H and O–H groups in total. The van der Waals surface area contributed by atoms with Gasteiger partial charge < -0.3 is 9.47 Å². The van der Waals surface area contributed by atoms with Gasteiger partial charge in [0.2, 0.25) is 0 Å². The molecule has 0 aliphatic rings. The van der Waals surface area contributed by atoms with Crippen molar-refractivity contribution >= 4 is 27.0 Å². The molecule has 1 aromatic carbocycles. The van der Waals surface area contributed by atoms with Gasteiger partial charge in [-0.3, -0.25) is 0 Å². The molecule has 0 aromatic heterocycles. The Morgan fingerprint density at radius 1 is 1.14 bits per heavy atom. The zero-order valence-electron chi connectivity index (χ0n) is 8.26. The average Bonchev–Trinajstić information content (AvgIpc) is 2.17. The first kappa shape index (κ1) is 11.4. The van der Waals surface area contributed by atoms with Gasteiger partial charge in [0, 0.05) is 0 Å². The predicted octanol–water partition coefficient (Wildman–Crippen LogP) is 1.93. The van der Waals surface area contributed by atoms with Crippen molar-refractivity contribution in [2.75, 3.05) is 13.2 Å². The van der Waals surface area contributed by atoms with Gasteiger partial charge in [-0.1, -0.05) is 17.7 Å². The lowest BCUT2D eigenvalue weighted by Gasteiger charge is -2.14. The van der Waals surface area contributed by atoms with Gasteiger partial charge in [-0.05, 0) is 25.1 Å². The minimum atomic E-state index is 0.565. The Labute approximate surface area is 92.6 Å². The normalized spacial score (nSPS) is 10.0. The second-order valence-electron chi connectivity index (χ2n) is 2.62. The summed E-state index contributed by atoms with van der Waals surface area (Å²) in [4.78, 5) is 0. The van der Waals surface area contributed by atoms with Crippen molar-refractivity contribution in [2.45, 2.75) is 13.8 Å². The fourth-order valence-electron chi connectivity index (χ4n) is 1.11. The molecule has 4 heteroatoms. The number of benzene rings is 1. The van der Waals surface area contributed by atoms with Crippen LogP contribution in [-0.2, 0) is 0 Å². The van der Waals surface area contributed by atoms with Gasteiger partial charge in [0.15, 0.2) is 11.5 Å². The molecule has 0 fully saturated rings. The summed E-state index contributed by atoms with van der Waals surface area (Å²) >= 11 is 5.99. The van der Waals surface area contributed by atoms with Crippen LogP contribution in [0.5, 0.6) is 11.5 Å². The van der Waals surface area contributed by atoms with Crippen LogP contribution in [0.1, 0.15) is 13.8 Å². The van der Waals surface area contributed by atoms with E-state index in [1.165, 1.54) is 0 Å². The molecule has 1 rings (SSSR count). The summed E-state index contributed by atoms with van der Waals surface area (Å²) in [5.74, 6) is 1.27. The highest BCUT2D eigenvalue weighted by molar-refractivity contribution is 6.37. The molecule has 14 heavy (non-hydrogen) atoms. The van der Waals surface area contributed by atoms with Gasteiger partial charge in [-0.2, -0.15) is 0 Å². The van der Waals surface area contributed by atoms with E-state index in [0.717, 1.165) is 5.19 Å². The Balaban J connectivity index is 3.12. The Morgan fingerprint density at radius 2 is 1.71 bits per heavy atom. The first-order valence-electron chi connectivity index (χ1n) is 4.50. The fraction of sp³-hybridized carbons (Fsp3) is 0.400. The molecule has 0 bridgehead atoms. The van der Waals surface area contributed by atoms with Crippen LogP contribution < -0.4 is 14.7 Å². The molecule has 0 spiro atoms. The molecule has 1 aromatic rings. The lowest BCUT2D eigenvalue weighted by Crippen LogP contribution is -2.11. The summed E-state index contributed by atoms with van der Waals surface area (Å²) in [6.07, 6.45) is 0. The number of ether oxygens (including phenoxy) is 2. The van der Waals surface area contributed by atoms with E-state index in [0.29, 0.717) is 29.7 Å². The summed E-state index contributed by atoms with van der Waals surface area (Å²) in [5, 5.41) is 1.41. The molecular weight excluding hydrogens is 216 g/mol. The van der Waals surface area contributed by atoms with Crippen LogP contribution in [0, 0.1) is 0 Å². The van der Waals surface area contributed by atoms with Crippen molar-refractivity contribution < 1.29 is 9.47 Å². The third kappa shape index (κ3) is 2.42. The first-order chi connectivity index (χ1) is 6.70. The van der Waals surface area contributed by atoms with E-state index < -0.39 is 0 Å². The van der Waals surface area contributed by atoms with Crippen molar-refractivity contribution in [1.82, 2.24) is 0 Å². The van der Waals surface area contributed by atoms with E-state index in [-0.39, 0.29) is 0 Å². The van der Waals surface area contributed by atoms with E-state index >= 15 is 0 Å². The largest absolute Gasteiger partial charge is 0.490 e. The van der Waals surface area contributed by atoms with Crippen LogP contribution in [0.15, 0.2) is 12.1 Å². The third-order valence-corrected chi connectivity index (χ3v) is 2.33. The van der Waals surface area contributed by atoms with Crippen molar-refractivity contribution in [2.24, 2.45) is 0 Å². The molecule has 0 amide bonds. The predicted molar refractivity (Wildman–Crippen MR) is 59.2 cm³/mol. The van der Waals surface area contributed by atoms with E-state index in [1.54, 1.807) is 6.07 Å². The zero-order valence-corrected chi connectivity index (χ0v) is 10.0. The minimum Gasteiger partial charge on any atom is -0.490 e. The van der Waals surface area contributed by atoms with Crippen molar-refractivity contribution in [3.63, 3.8) is 0 Å².